The van der Waals surface area contributed by atoms with E-state index in [9.17, 15) is 4.79 Å². The van der Waals surface area contributed by atoms with Crippen molar-refractivity contribution < 1.29 is 4.79 Å². The van der Waals surface area contributed by atoms with Crippen LogP contribution in [0, 0.1) is 0 Å². The first-order valence-electron chi connectivity index (χ1n) is 7.41. The lowest BCUT2D eigenvalue weighted by Crippen LogP contribution is -2.23. The Kier molecular flexibility index (Phi) is 6.04. The summed E-state index contributed by atoms with van der Waals surface area (Å²) >= 11 is 1.82. The first-order chi connectivity index (χ1) is 10.5. The van der Waals surface area contributed by atoms with Crippen LogP contribution >= 0.6 is 11.8 Å². The maximum atomic E-state index is 11.7. The summed E-state index contributed by atoms with van der Waals surface area (Å²) in [5, 5.41) is 3.22. The summed E-state index contributed by atoms with van der Waals surface area (Å²) < 4.78 is 0. The molecule has 22 heavy (non-hydrogen) atoms. The molecule has 0 radical (unpaired) electrons. The fraction of sp³-hybridized carbons (Fsp3) is 0.278. The number of rotatable bonds is 6. The zero-order valence-electron chi connectivity index (χ0n) is 13.0. The van der Waals surface area contributed by atoms with Crippen LogP contribution in [0.15, 0.2) is 59.5 Å². The van der Waals surface area contributed by atoms with E-state index in [1.807, 2.05) is 49.0 Å². The molecule has 0 aromatic heterocycles. The number of thioether (sulfide) groups is 1. The first-order valence-corrected chi connectivity index (χ1v) is 8.29. The molecule has 2 atom stereocenters. The molecule has 0 heterocycles. The summed E-state index contributed by atoms with van der Waals surface area (Å²) in [6, 6.07) is 18.2. The SMILES string of the molecule is CC(N)CC(=O)Nc1ccc(C(C)Sc2ccccc2)cc1. The molecule has 0 aliphatic carbocycles. The smallest absolute Gasteiger partial charge is 0.225 e. The van der Waals surface area contributed by atoms with Crippen LogP contribution < -0.4 is 11.1 Å². The van der Waals surface area contributed by atoms with Crippen molar-refractivity contribution in [3.05, 3.63) is 60.2 Å². The fourth-order valence-electron chi connectivity index (χ4n) is 2.11. The maximum Gasteiger partial charge on any atom is 0.225 e. The average Bonchev–Trinajstić information content (AvgIpc) is 2.48. The molecule has 3 N–H and O–H groups in total. The van der Waals surface area contributed by atoms with Gasteiger partial charge in [0, 0.05) is 28.3 Å². The number of benzene rings is 2. The molecule has 1 amide bonds. The number of nitrogens with one attached hydrogen (secondary N) is 1. The van der Waals surface area contributed by atoms with Crippen LogP contribution in [-0.4, -0.2) is 11.9 Å². The van der Waals surface area contributed by atoms with Gasteiger partial charge in [0.25, 0.3) is 0 Å². The summed E-state index contributed by atoms with van der Waals surface area (Å²) in [6.45, 7) is 4.01. The lowest BCUT2D eigenvalue weighted by molar-refractivity contribution is -0.116. The van der Waals surface area contributed by atoms with E-state index < -0.39 is 0 Å². The van der Waals surface area contributed by atoms with Crippen molar-refractivity contribution in [3.8, 4) is 0 Å². The number of carbonyl (C=O) groups is 1. The van der Waals surface area contributed by atoms with E-state index >= 15 is 0 Å². The Bertz CT molecular complexity index is 596. The van der Waals surface area contributed by atoms with Gasteiger partial charge < -0.3 is 11.1 Å². The molecule has 0 aliphatic heterocycles. The molecule has 2 aromatic carbocycles. The van der Waals surface area contributed by atoms with Gasteiger partial charge in [0.1, 0.15) is 0 Å². The molecule has 0 bridgehead atoms. The zero-order chi connectivity index (χ0) is 15.9. The molecule has 0 spiro atoms. The summed E-state index contributed by atoms with van der Waals surface area (Å²) in [5.74, 6) is -0.0468. The molecule has 4 heteroatoms. The van der Waals surface area contributed by atoms with E-state index in [2.05, 4.69) is 36.5 Å². The van der Waals surface area contributed by atoms with Crippen molar-refractivity contribution >= 4 is 23.4 Å². The predicted molar refractivity (Wildman–Crippen MR) is 94.1 cm³/mol. The summed E-state index contributed by atoms with van der Waals surface area (Å²) in [7, 11) is 0. The molecule has 0 saturated carbocycles. The van der Waals surface area contributed by atoms with Crippen molar-refractivity contribution in [2.24, 2.45) is 5.73 Å². The zero-order valence-corrected chi connectivity index (χ0v) is 13.8. The Morgan fingerprint density at radius 3 is 2.32 bits per heavy atom. The van der Waals surface area contributed by atoms with Gasteiger partial charge in [-0.2, -0.15) is 0 Å². The standard InChI is InChI=1S/C18H22N2OS/c1-13(19)12-18(21)20-16-10-8-15(9-11-16)14(2)22-17-6-4-3-5-7-17/h3-11,13-14H,12,19H2,1-2H3,(H,20,21). The van der Waals surface area contributed by atoms with Gasteiger partial charge in [-0.05, 0) is 43.7 Å². The highest BCUT2D eigenvalue weighted by Gasteiger charge is 2.09. The van der Waals surface area contributed by atoms with Gasteiger partial charge in [-0.25, -0.2) is 0 Å². The minimum absolute atomic E-state index is 0.0468. The highest BCUT2D eigenvalue weighted by molar-refractivity contribution is 7.99. The van der Waals surface area contributed by atoms with Crippen LogP contribution in [0.4, 0.5) is 5.69 Å². The van der Waals surface area contributed by atoms with E-state index in [-0.39, 0.29) is 11.9 Å². The Hall–Kier alpha value is -1.78. The highest BCUT2D eigenvalue weighted by atomic mass is 32.2. The lowest BCUT2D eigenvalue weighted by atomic mass is 10.1. The number of hydrogen-bond acceptors (Lipinski definition) is 3. The third kappa shape index (κ3) is 5.20. The van der Waals surface area contributed by atoms with Gasteiger partial charge in [-0.1, -0.05) is 30.3 Å². The number of carbonyl (C=O) groups excluding carboxylic acids is 1. The van der Waals surface area contributed by atoms with E-state index in [1.165, 1.54) is 10.5 Å². The molecular weight excluding hydrogens is 292 g/mol. The largest absolute Gasteiger partial charge is 0.327 e. The van der Waals surface area contributed by atoms with Crippen molar-refractivity contribution in [2.75, 3.05) is 5.32 Å². The van der Waals surface area contributed by atoms with Crippen LogP contribution in [-0.2, 0) is 4.79 Å². The Balaban J connectivity index is 1.95. The third-order valence-electron chi connectivity index (χ3n) is 3.23. The monoisotopic (exact) mass is 314 g/mol. The van der Waals surface area contributed by atoms with E-state index in [0.717, 1.165) is 5.69 Å². The van der Waals surface area contributed by atoms with Gasteiger partial charge in [0.2, 0.25) is 5.91 Å². The number of hydrogen-bond donors (Lipinski definition) is 2. The van der Waals surface area contributed by atoms with Crippen LogP contribution in [0.5, 0.6) is 0 Å². The topological polar surface area (TPSA) is 55.1 Å². The van der Waals surface area contributed by atoms with Crippen LogP contribution in [0.25, 0.3) is 0 Å². The normalized spacial score (nSPS) is 13.4. The van der Waals surface area contributed by atoms with Crippen LogP contribution in [0.3, 0.4) is 0 Å². The molecule has 116 valence electrons. The van der Waals surface area contributed by atoms with Crippen molar-refractivity contribution in [1.82, 2.24) is 0 Å². The summed E-state index contributed by atoms with van der Waals surface area (Å²) in [4.78, 5) is 12.9. The highest BCUT2D eigenvalue weighted by Crippen LogP contribution is 2.34. The molecule has 0 aliphatic rings. The third-order valence-corrected chi connectivity index (χ3v) is 4.40. The van der Waals surface area contributed by atoms with Crippen molar-refractivity contribution in [1.29, 1.82) is 0 Å². The Labute approximate surface area is 136 Å². The van der Waals surface area contributed by atoms with Gasteiger partial charge >= 0.3 is 0 Å². The second-order valence-electron chi connectivity index (χ2n) is 5.42. The number of nitrogens with two attached hydrogens (primary N) is 1. The number of anilines is 1. The van der Waals surface area contributed by atoms with E-state index in [0.29, 0.717) is 11.7 Å². The molecule has 2 aromatic rings. The first kappa shape index (κ1) is 16.6. The second kappa shape index (κ2) is 8.01. The predicted octanol–water partition coefficient (Wildman–Crippen LogP) is 4.22. The molecule has 2 rings (SSSR count). The quantitative estimate of drug-likeness (QED) is 0.785. The Morgan fingerprint density at radius 2 is 1.73 bits per heavy atom. The van der Waals surface area contributed by atoms with Gasteiger partial charge in [-0.15, -0.1) is 11.8 Å². The second-order valence-corrected chi connectivity index (χ2v) is 6.84. The molecular formula is C18H22N2OS. The van der Waals surface area contributed by atoms with Crippen molar-refractivity contribution in [3.63, 3.8) is 0 Å². The minimum Gasteiger partial charge on any atom is -0.327 e. The average molecular weight is 314 g/mol. The summed E-state index contributed by atoms with van der Waals surface area (Å²) in [6.07, 6.45) is 0.335. The molecule has 3 nitrogen and oxygen atoms in total. The van der Waals surface area contributed by atoms with Crippen molar-refractivity contribution in [2.45, 2.75) is 36.5 Å². The Morgan fingerprint density at radius 1 is 1.09 bits per heavy atom. The number of amides is 1. The lowest BCUT2D eigenvalue weighted by Gasteiger charge is -2.13. The molecule has 0 saturated heterocycles. The maximum absolute atomic E-state index is 11.7. The molecule has 2 unspecified atom stereocenters. The van der Waals surface area contributed by atoms with Crippen LogP contribution in [0.1, 0.15) is 31.1 Å². The van der Waals surface area contributed by atoms with Gasteiger partial charge in [0.05, 0.1) is 0 Å². The fourth-order valence-corrected chi connectivity index (χ4v) is 3.13. The summed E-state index contributed by atoms with van der Waals surface area (Å²) in [5.41, 5.74) is 7.67. The molecule has 0 fully saturated rings. The van der Waals surface area contributed by atoms with Gasteiger partial charge in [-0.3, -0.25) is 4.79 Å². The van der Waals surface area contributed by atoms with Gasteiger partial charge in [0.15, 0.2) is 0 Å². The minimum atomic E-state index is -0.124. The van der Waals surface area contributed by atoms with E-state index in [4.69, 9.17) is 5.73 Å². The van der Waals surface area contributed by atoms with E-state index in [1.54, 1.807) is 0 Å². The van der Waals surface area contributed by atoms with Crippen LogP contribution in [0.2, 0.25) is 0 Å².